The molecular weight excluding hydrogens is 568 g/mol. The number of hydrogen-bond acceptors (Lipinski definition) is 6. The lowest BCUT2D eigenvalue weighted by Crippen LogP contribution is -2.26. The lowest BCUT2D eigenvalue weighted by molar-refractivity contribution is -0.144. The average molecular weight is 588 g/mol. The topological polar surface area (TPSA) is 88.5 Å². The van der Waals surface area contributed by atoms with E-state index in [2.05, 4.69) is 15.1 Å². The minimum absolute atomic E-state index is 0.0201. The lowest BCUT2D eigenvalue weighted by Gasteiger charge is -2.19. The summed E-state index contributed by atoms with van der Waals surface area (Å²) in [6.45, 7) is 5.21. The van der Waals surface area contributed by atoms with Crippen molar-refractivity contribution in [3.05, 3.63) is 51.7 Å². The fourth-order valence-electron chi connectivity index (χ4n) is 3.15. The number of halogens is 4. The number of carbonyl (C=O) groups excluding carboxylic acids is 1. The number of hydrogen-bond donors (Lipinski definition) is 0. The first-order valence-electron chi connectivity index (χ1n) is 10.0. The van der Waals surface area contributed by atoms with Gasteiger partial charge in [0.1, 0.15) is 20.7 Å². The van der Waals surface area contributed by atoms with Crippen LogP contribution in [0, 0.1) is 3.70 Å². The van der Waals surface area contributed by atoms with Crippen LogP contribution in [0.15, 0.2) is 36.7 Å². The molecule has 0 radical (unpaired) electrons. The molecule has 3 heterocycles. The third kappa shape index (κ3) is 4.74. The number of imidazole rings is 2. The maximum absolute atomic E-state index is 13.5. The van der Waals surface area contributed by atoms with E-state index < -0.39 is 23.7 Å². The Morgan fingerprint density at radius 1 is 1.09 bits per heavy atom. The van der Waals surface area contributed by atoms with Crippen molar-refractivity contribution in [2.75, 3.05) is 7.11 Å². The molecule has 0 atom stereocenters. The zero-order valence-corrected chi connectivity index (χ0v) is 20.7. The van der Waals surface area contributed by atoms with Gasteiger partial charge < -0.3 is 9.47 Å². The van der Waals surface area contributed by atoms with Gasteiger partial charge in [0.05, 0.1) is 13.7 Å². The second-order valence-corrected chi connectivity index (χ2v) is 9.35. The van der Waals surface area contributed by atoms with Crippen LogP contribution in [0.5, 0.6) is 5.75 Å². The molecule has 0 bridgehead atoms. The SMILES string of the molecule is COc1ccc(Cn2nc(C(F)(F)F)nc2-c2nc3n(C(=O)OC(C)(C)C)ccn3c2I)cc1. The summed E-state index contributed by atoms with van der Waals surface area (Å²) in [7, 11) is 1.52. The molecule has 34 heavy (non-hydrogen) atoms. The molecule has 0 fully saturated rings. The molecule has 3 aromatic heterocycles. The van der Waals surface area contributed by atoms with E-state index in [1.807, 2.05) is 22.6 Å². The number of fused-ring (bicyclic) bond motifs is 1. The Kier molecular flexibility index (Phi) is 6.08. The number of methoxy groups -OCH3 is 1. The fourth-order valence-corrected chi connectivity index (χ4v) is 3.89. The van der Waals surface area contributed by atoms with Crippen LogP contribution >= 0.6 is 22.6 Å². The molecule has 0 aliphatic rings. The summed E-state index contributed by atoms with van der Waals surface area (Å²) in [5.74, 6) is -0.555. The van der Waals surface area contributed by atoms with Crippen molar-refractivity contribution in [1.82, 2.24) is 28.7 Å². The van der Waals surface area contributed by atoms with E-state index in [1.54, 1.807) is 55.6 Å². The zero-order valence-electron chi connectivity index (χ0n) is 18.6. The van der Waals surface area contributed by atoms with Gasteiger partial charge in [-0.25, -0.2) is 24.0 Å². The Bertz CT molecular complexity index is 1350. The van der Waals surface area contributed by atoms with Crippen LogP contribution in [0.25, 0.3) is 17.3 Å². The second kappa shape index (κ2) is 8.60. The molecule has 13 heteroatoms. The summed E-state index contributed by atoms with van der Waals surface area (Å²) in [4.78, 5) is 20.8. The van der Waals surface area contributed by atoms with Gasteiger partial charge in [-0.2, -0.15) is 13.2 Å². The molecular formula is C21H20F3IN6O3. The Morgan fingerprint density at radius 2 is 1.76 bits per heavy atom. The number of alkyl halides is 3. The van der Waals surface area contributed by atoms with Crippen LogP contribution in [0.3, 0.4) is 0 Å². The van der Waals surface area contributed by atoms with Crippen LogP contribution < -0.4 is 4.74 Å². The molecule has 180 valence electrons. The van der Waals surface area contributed by atoms with Gasteiger partial charge in [0.15, 0.2) is 5.82 Å². The number of rotatable bonds is 4. The van der Waals surface area contributed by atoms with Crippen molar-refractivity contribution in [3.8, 4) is 17.3 Å². The molecule has 4 aromatic rings. The Morgan fingerprint density at radius 3 is 2.35 bits per heavy atom. The van der Waals surface area contributed by atoms with Gasteiger partial charge in [-0.1, -0.05) is 12.1 Å². The fraction of sp³-hybridized carbons (Fsp3) is 0.333. The molecule has 0 aliphatic carbocycles. The van der Waals surface area contributed by atoms with Crippen LogP contribution in [-0.4, -0.2) is 47.5 Å². The quantitative estimate of drug-likeness (QED) is 0.317. The van der Waals surface area contributed by atoms with Crippen LogP contribution in [0.2, 0.25) is 0 Å². The number of benzene rings is 1. The second-order valence-electron chi connectivity index (χ2n) is 8.33. The Balaban J connectivity index is 1.79. The highest BCUT2D eigenvalue weighted by atomic mass is 127. The highest BCUT2D eigenvalue weighted by molar-refractivity contribution is 14.1. The summed E-state index contributed by atoms with van der Waals surface area (Å²) in [5, 5.41) is 3.70. The van der Waals surface area contributed by atoms with Crippen LogP contribution in [-0.2, 0) is 17.5 Å². The number of carbonyl (C=O) groups is 1. The lowest BCUT2D eigenvalue weighted by atomic mass is 10.2. The molecule has 0 N–H and O–H groups in total. The van der Waals surface area contributed by atoms with Crippen molar-refractivity contribution in [3.63, 3.8) is 0 Å². The molecule has 0 unspecified atom stereocenters. The number of aromatic nitrogens is 6. The largest absolute Gasteiger partial charge is 0.497 e. The molecule has 0 spiro atoms. The van der Waals surface area contributed by atoms with Crippen molar-refractivity contribution < 1.29 is 27.4 Å². The molecule has 0 saturated heterocycles. The third-order valence-corrected chi connectivity index (χ3v) is 5.66. The van der Waals surface area contributed by atoms with Gasteiger partial charge in [-0.05, 0) is 61.1 Å². The standard InChI is InChI=1S/C21H20F3IN6O3/c1-20(2,3)34-19(32)30-10-9-29-15(25)14(26-18(29)30)16-27-17(21(22,23)24)28-31(16)11-12-5-7-13(33-4)8-6-12/h5-10H,11H2,1-4H3. The van der Waals surface area contributed by atoms with E-state index in [0.717, 1.165) is 4.68 Å². The van der Waals surface area contributed by atoms with Crippen LogP contribution in [0.1, 0.15) is 32.2 Å². The van der Waals surface area contributed by atoms with E-state index in [9.17, 15) is 18.0 Å². The summed E-state index contributed by atoms with van der Waals surface area (Å²) < 4.78 is 55.3. The number of nitrogens with zero attached hydrogens (tertiary/aromatic N) is 6. The van der Waals surface area contributed by atoms with E-state index >= 15 is 0 Å². The summed E-state index contributed by atoms with van der Waals surface area (Å²) in [6.07, 6.45) is -2.35. The predicted molar refractivity (Wildman–Crippen MR) is 124 cm³/mol. The molecule has 1 aromatic carbocycles. The van der Waals surface area contributed by atoms with Crippen molar-refractivity contribution in [2.45, 2.75) is 39.1 Å². The van der Waals surface area contributed by atoms with E-state index in [4.69, 9.17) is 9.47 Å². The highest BCUT2D eigenvalue weighted by Crippen LogP contribution is 2.31. The third-order valence-electron chi connectivity index (χ3n) is 4.63. The van der Waals surface area contributed by atoms with Gasteiger partial charge in [-0.3, -0.25) is 4.40 Å². The minimum atomic E-state index is -4.74. The molecule has 0 aliphatic heterocycles. The van der Waals surface area contributed by atoms with Crippen molar-refractivity contribution >= 4 is 34.5 Å². The minimum Gasteiger partial charge on any atom is -0.497 e. The monoisotopic (exact) mass is 588 g/mol. The van der Waals surface area contributed by atoms with E-state index in [-0.39, 0.29) is 23.8 Å². The van der Waals surface area contributed by atoms with Gasteiger partial charge >= 0.3 is 12.3 Å². The predicted octanol–water partition coefficient (Wildman–Crippen LogP) is 4.86. The Labute approximate surface area is 205 Å². The normalized spacial score (nSPS) is 12.4. The maximum atomic E-state index is 13.5. The summed E-state index contributed by atoms with van der Waals surface area (Å²) in [5.41, 5.74) is 0.115. The average Bonchev–Trinajstić information content (AvgIpc) is 3.42. The maximum Gasteiger partial charge on any atom is 0.453 e. The van der Waals surface area contributed by atoms with Gasteiger partial charge in [0.25, 0.3) is 5.82 Å². The van der Waals surface area contributed by atoms with Crippen LogP contribution in [0.4, 0.5) is 18.0 Å². The summed E-state index contributed by atoms with van der Waals surface area (Å²) >= 11 is 1.95. The smallest absolute Gasteiger partial charge is 0.453 e. The Hall–Kier alpha value is -3.10. The first-order chi connectivity index (χ1) is 15.9. The van der Waals surface area contributed by atoms with Gasteiger partial charge in [0.2, 0.25) is 5.78 Å². The summed E-state index contributed by atoms with van der Waals surface area (Å²) in [6, 6.07) is 6.86. The first kappa shape index (κ1) is 24.0. The van der Waals surface area contributed by atoms with Crippen molar-refractivity contribution in [1.29, 1.82) is 0 Å². The van der Waals surface area contributed by atoms with Gasteiger partial charge in [-0.15, -0.1) is 5.10 Å². The highest BCUT2D eigenvalue weighted by Gasteiger charge is 2.38. The van der Waals surface area contributed by atoms with E-state index in [1.165, 1.54) is 17.9 Å². The van der Waals surface area contributed by atoms with Gasteiger partial charge in [0, 0.05) is 12.4 Å². The van der Waals surface area contributed by atoms with E-state index in [0.29, 0.717) is 15.0 Å². The zero-order chi connectivity index (χ0) is 24.8. The first-order valence-corrected chi connectivity index (χ1v) is 11.1. The number of ether oxygens (including phenoxy) is 2. The molecule has 0 amide bonds. The molecule has 0 saturated carbocycles. The van der Waals surface area contributed by atoms with Crippen molar-refractivity contribution in [2.24, 2.45) is 0 Å². The molecule has 9 nitrogen and oxygen atoms in total. The molecule has 4 rings (SSSR count).